The monoisotopic (exact) mass is 524 g/mol. The number of anilines is 1. The largest absolute Gasteiger partial charge is 0.508 e. The summed E-state index contributed by atoms with van der Waals surface area (Å²) in [6, 6.07) is 9.57. The number of hydrogen-bond acceptors (Lipinski definition) is 4. The molecule has 1 aliphatic carbocycles. The van der Waals surface area contributed by atoms with E-state index in [1.165, 1.54) is 25.7 Å². The zero-order valence-corrected chi connectivity index (χ0v) is 23.2. The molecule has 0 spiro atoms. The van der Waals surface area contributed by atoms with Crippen LogP contribution >= 0.6 is 12.4 Å². The summed E-state index contributed by atoms with van der Waals surface area (Å²) < 4.78 is 2.00. The molecule has 1 aliphatic rings. The number of carbonyl (C=O) groups excluding carboxylic acids is 1. The maximum Gasteiger partial charge on any atom is 0.234 e. The van der Waals surface area contributed by atoms with Crippen molar-refractivity contribution in [2.45, 2.75) is 97.1 Å². The molecule has 1 atom stereocenters. The Kier molecular flexibility index (Phi) is 10.6. The van der Waals surface area contributed by atoms with Crippen LogP contribution in [0.5, 0.6) is 5.75 Å². The van der Waals surface area contributed by atoms with Crippen LogP contribution in [0.4, 0.5) is 5.69 Å². The second-order valence-corrected chi connectivity index (χ2v) is 10.3. The van der Waals surface area contributed by atoms with E-state index in [4.69, 9.17) is 0 Å². The van der Waals surface area contributed by atoms with Crippen molar-refractivity contribution >= 4 is 24.0 Å². The summed E-state index contributed by atoms with van der Waals surface area (Å²) in [6.07, 6.45) is 14.4. The standard InChI is InChI=1S/C30H40N4O2.ClH/c1-4-5-6-7-8-17-33-20-23(18-32-33)21-34(24-15-16-28(22(2)3)31-19-24)30(36)27-13-9-12-26-25(27)11-10-14-29(26)35;/h10-11,14-16,18-20,22,27,35H,4-9,12-13,17,21H2,1-3H3;1H. The van der Waals surface area contributed by atoms with Crippen LogP contribution in [0.25, 0.3) is 0 Å². The predicted octanol–water partition coefficient (Wildman–Crippen LogP) is 7.15. The van der Waals surface area contributed by atoms with Gasteiger partial charge < -0.3 is 10.0 Å². The molecule has 3 aromatic rings. The van der Waals surface area contributed by atoms with Crippen molar-refractivity contribution in [3.8, 4) is 5.75 Å². The topological polar surface area (TPSA) is 71.2 Å². The second kappa shape index (κ2) is 13.6. The summed E-state index contributed by atoms with van der Waals surface area (Å²) >= 11 is 0. The van der Waals surface area contributed by atoms with Gasteiger partial charge in [0.15, 0.2) is 0 Å². The summed E-state index contributed by atoms with van der Waals surface area (Å²) in [6.45, 7) is 7.81. The number of rotatable bonds is 11. The molecule has 0 saturated heterocycles. The summed E-state index contributed by atoms with van der Waals surface area (Å²) in [5.74, 6) is 0.388. The third-order valence-corrected chi connectivity index (χ3v) is 7.24. The number of benzene rings is 1. The normalized spacial score (nSPS) is 14.8. The molecule has 1 unspecified atom stereocenters. The van der Waals surface area contributed by atoms with Crippen molar-refractivity contribution < 1.29 is 9.90 Å². The van der Waals surface area contributed by atoms with E-state index in [1.807, 2.05) is 46.2 Å². The summed E-state index contributed by atoms with van der Waals surface area (Å²) in [5.41, 5.74) is 4.67. The lowest BCUT2D eigenvalue weighted by Crippen LogP contribution is -2.36. The molecule has 2 heterocycles. The van der Waals surface area contributed by atoms with Crippen LogP contribution in [-0.2, 0) is 24.3 Å². The van der Waals surface area contributed by atoms with E-state index >= 15 is 0 Å². The molecule has 200 valence electrons. The Morgan fingerprint density at radius 1 is 1.14 bits per heavy atom. The summed E-state index contributed by atoms with van der Waals surface area (Å²) in [7, 11) is 0. The number of amides is 1. The number of aromatic hydroxyl groups is 1. The van der Waals surface area contributed by atoms with Gasteiger partial charge >= 0.3 is 0 Å². The molecule has 0 fully saturated rings. The zero-order chi connectivity index (χ0) is 25.5. The molecular formula is C30H41ClN4O2. The molecule has 1 aromatic carbocycles. The highest BCUT2D eigenvalue weighted by Crippen LogP contribution is 2.38. The minimum absolute atomic E-state index is 0. The van der Waals surface area contributed by atoms with Gasteiger partial charge in [0.2, 0.25) is 5.91 Å². The minimum Gasteiger partial charge on any atom is -0.508 e. The fourth-order valence-electron chi connectivity index (χ4n) is 5.14. The van der Waals surface area contributed by atoms with Gasteiger partial charge in [-0.15, -0.1) is 12.4 Å². The average molecular weight is 525 g/mol. The molecule has 0 bridgehead atoms. The van der Waals surface area contributed by atoms with Crippen LogP contribution in [-0.4, -0.2) is 25.8 Å². The van der Waals surface area contributed by atoms with Crippen LogP contribution in [0.2, 0.25) is 0 Å². The van der Waals surface area contributed by atoms with Gasteiger partial charge in [-0.3, -0.25) is 14.5 Å². The number of phenols is 1. The number of hydrogen-bond donors (Lipinski definition) is 1. The summed E-state index contributed by atoms with van der Waals surface area (Å²) in [5, 5.41) is 15.0. The fraction of sp³-hybridized carbons (Fsp3) is 0.500. The van der Waals surface area contributed by atoms with Crippen molar-refractivity contribution in [3.05, 3.63) is 71.3 Å². The number of aromatic nitrogens is 3. The Morgan fingerprint density at radius 3 is 2.68 bits per heavy atom. The van der Waals surface area contributed by atoms with Gasteiger partial charge in [-0.2, -0.15) is 5.10 Å². The highest BCUT2D eigenvalue weighted by Gasteiger charge is 2.32. The Bertz CT molecular complexity index is 1140. The van der Waals surface area contributed by atoms with E-state index in [1.54, 1.807) is 6.07 Å². The van der Waals surface area contributed by atoms with Crippen LogP contribution < -0.4 is 4.90 Å². The smallest absolute Gasteiger partial charge is 0.234 e. The SMILES string of the molecule is CCCCCCCn1cc(CN(C(=O)C2CCCc3c(O)cccc32)c2ccc(C(C)C)nc2)cn1.Cl. The third kappa shape index (κ3) is 7.13. The quantitative estimate of drug-likeness (QED) is 0.270. The molecule has 0 saturated carbocycles. The molecule has 2 aromatic heterocycles. The number of halogens is 1. The van der Waals surface area contributed by atoms with Crippen molar-refractivity contribution in [1.82, 2.24) is 14.8 Å². The van der Waals surface area contributed by atoms with Crippen molar-refractivity contribution in [1.29, 1.82) is 0 Å². The first-order chi connectivity index (χ1) is 17.5. The van der Waals surface area contributed by atoms with Gasteiger partial charge in [-0.05, 0) is 60.9 Å². The predicted molar refractivity (Wildman–Crippen MR) is 152 cm³/mol. The van der Waals surface area contributed by atoms with Gasteiger partial charge in [0.1, 0.15) is 5.75 Å². The Balaban J connectivity index is 0.00000380. The number of carbonyl (C=O) groups is 1. The van der Waals surface area contributed by atoms with E-state index < -0.39 is 0 Å². The molecule has 7 heteroatoms. The number of phenolic OH excluding ortho intramolecular Hbond substituents is 1. The van der Waals surface area contributed by atoms with E-state index in [-0.39, 0.29) is 24.2 Å². The molecule has 37 heavy (non-hydrogen) atoms. The number of fused-ring (bicyclic) bond motifs is 1. The zero-order valence-electron chi connectivity index (χ0n) is 22.4. The Hall–Kier alpha value is -2.86. The van der Waals surface area contributed by atoms with E-state index in [9.17, 15) is 9.90 Å². The number of unbranched alkanes of at least 4 members (excludes halogenated alkanes) is 4. The first-order valence-corrected chi connectivity index (χ1v) is 13.6. The minimum atomic E-state index is -0.278. The Labute approximate surface area is 227 Å². The van der Waals surface area contributed by atoms with Crippen LogP contribution in [0.15, 0.2) is 48.9 Å². The molecule has 4 rings (SSSR count). The molecule has 0 radical (unpaired) electrons. The molecule has 1 N–H and O–H groups in total. The summed E-state index contributed by atoms with van der Waals surface area (Å²) in [4.78, 5) is 20.6. The lowest BCUT2D eigenvalue weighted by Gasteiger charge is -2.31. The van der Waals surface area contributed by atoms with Gasteiger partial charge in [0.05, 0.1) is 30.5 Å². The molecule has 6 nitrogen and oxygen atoms in total. The maximum absolute atomic E-state index is 14.1. The average Bonchev–Trinajstić information content (AvgIpc) is 3.34. The van der Waals surface area contributed by atoms with Crippen molar-refractivity contribution in [3.63, 3.8) is 0 Å². The second-order valence-electron chi connectivity index (χ2n) is 10.3. The molecule has 1 amide bonds. The van der Waals surface area contributed by atoms with Crippen LogP contribution in [0.1, 0.15) is 99.9 Å². The first kappa shape index (κ1) is 28.7. The van der Waals surface area contributed by atoms with Gasteiger partial charge in [0.25, 0.3) is 0 Å². The third-order valence-electron chi connectivity index (χ3n) is 7.24. The molecular weight excluding hydrogens is 484 g/mol. The highest BCUT2D eigenvalue weighted by molar-refractivity contribution is 5.98. The highest BCUT2D eigenvalue weighted by atomic mass is 35.5. The fourth-order valence-corrected chi connectivity index (χ4v) is 5.14. The number of nitrogens with zero attached hydrogens (tertiary/aromatic N) is 4. The van der Waals surface area contributed by atoms with E-state index in [2.05, 4.69) is 37.1 Å². The van der Waals surface area contributed by atoms with Gasteiger partial charge in [-0.25, -0.2) is 0 Å². The number of aryl methyl sites for hydroxylation is 1. The van der Waals surface area contributed by atoms with Crippen LogP contribution in [0, 0.1) is 0 Å². The van der Waals surface area contributed by atoms with Crippen LogP contribution in [0.3, 0.4) is 0 Å². The van der Waals surface area contributed by atoms with E-state index in [0.29, 0.717) is 18.2 Å². The lowest BCUT2D eigenvalue weighted by atomic mass is 9.81. The Morgan fingerprint density at radius 2 is 1.95 bits per heavy atom. The lowest BCUT2D eigenvalue weighted by molar-refractivity contribution is -0.120. The first-order valence-electron chi connectivity index (χ1n) is 13.6. The maximum atomic E-state index is 14.1. The van der Waals surface area contributed by atoms with Crippen molar-refractivity contribution in [2.24, 2.45) is 0 Å². The van der Waals surface area contributed by atoms with Crippen molar-refractivity contribution in [2.75, 3.05) is 4.90 Å². The van der Waals surface area contributed by atoms with Gasteiger partial charge in [-0.1, -0.05) is 58.6 Å². The molecule has 0 aliphatic heterocycles. The number of pyridine rings is 1. The van der Waals surface area contributed by atoms with E-state index in [0.717, 1.165) is 60.3 Å². The van der Waals surface area contributed by atoms with Gasteiger partial charge in [0, 0.05) is 24.0 Å².